The van der Waals surface area contributed by atoms with E-state index in [4.69, 9.17) is 39.5 Å². The number of nitrogens with zero attached hydrogens (tertiary/aromatic N) is 1. The molecule has 0 spiro atoms. The Morgan fingerprint density at radius 3 is 2.58 bits per heavy atom. The summed E-state index contributed by atoms with van der Waals surface area (Å²) in [4.78, 5) is 39.4. The average Bonchev–Trinajstić information content (AvgIpc) is 3.15. The van der Waals surface area contributed by atoms with E-state index in [1.54, 1.807) is 24.3 Å². The number of nitrogens with one attached hydrogen (secondary N) is 1. The molecule has 0 aliphatic rings. The number of ether oxygens (including phenoxy) is 1. The molecule has 7 nitrogen and oxygen atoms in total. The lowest BCUT2D eigenvalue weighted by Crippen LogP contribution is -2.34. The number of aromatic nitrogens is 2. The topological polar surface area (TPSA) is 101 Å². The molecular weight excluding hydrogens is 487 g/mol. The Bertz CT molecular complexity index is 1460. The second kappa shape index (κ2) is 8.39. The minimum atomic E-state index is -1.27. The van der Waals surface area contributed by atoms with Crippen LogP contribution in [0, 0.1) is 0 Å². The number of aromatic carboxylic acids is 1. The molecule has 0 aliphatic heterocycles. The molecule has 2 aromatic carbocycles. The Morgan fingerprint density at radius 2 is 1.84 bits per heavy atom. The molecule has 4 aromatic rings. The first kappa shape index (κ1) is 21.5. The monoisotopic (exact) mass is 496 g/mol. The number of fused-ring (bicyclic) bond motifs is 1. The molecule has 0 saturated carbocycles. The van der Waals surface area contributed by atoms with Crippen LogP contribution in [0.1, 0.15) is 15.2 Å². The zero-order valence-corrected chi connectivity index (χ0v) is 18.4. The maximum absolute atomic E-state index is 13.0. The van der Waals surface area contributed by atoms with Crippen molar-refractivity contribution in [3.05, 3.63) is 88.1 Å². The predicted octanol–water partition coefficient (Wildman–Crippen LogP) is 4.98. The molecule has 31 heavy (non-hydrogen) atoms. The van der Waals surface area contributed by atoms with Crippen molar-refractivity contribution in [2.24, 2.45) is 0 Å². The van der Waals surface area contributed by atoms with Crippen LogP contribution in [0.4, 0.5) is 0 Å². The van der Waals surface area contributed by atoms with Gasteiger partial charge in [-0.25, -0.2) is 14.2 Å². The van der Waals surface area contributed by atoms with Gasteiger partial charge in [0.1, 0.15) is 17.2 Å². The van der Waals surface area contributed by atoms with Crippen LogP contribution in [0.3, 0.4) is 0 Å². The molecule has 0 saturated heterocycles. The number of hydrogen-bond acceptors (Lipinski definition) is 5. The summed E-state index contributed by atoms with van der Waals surface area (Å²) in [7, 11) is 0. The maximum Gasteiger partial charge on any atom is 0.346 e. The van der Waals surface area contributed by atoms with Gasteiger partial charge in [-0.05, 0) is 30.3 Å². The van der Waals surface area contributed by atoms with Gasteiger partial charge in [0.25, 0.3) is 5.56 Å². The number of halogens is 3. The molecule has 0 atom stereocenters. The van der Waals surface area contributed by atoms with Gasteiger partial charge in [0, 0.05) is 27.1 Å². The fraction of sp³-hybridized carbons (Fsp3) is 0.0500. The van der Waals surface area contributed by atoms with Crippen LogP contribution in [0.25, 0.3) is 16.6 Å². The second-order valence-electron chi connectivity index (χ2n) is 6.37. The molecule has 2 aromatic heterocycles. The van der Waals surface area contributed by atoms with Crippen LogP contribution in [0.2, 0.25) is 15.1 Å². The lowest BCUT2D eigenvalue weighted by Gasteiger charge is -2.12. The Hall–Kier alpha value is -2.78. The van der Waals surface area contributed by atoms with E-state index in [0.717, 1.165) is 15.9 Å². The first-order chi connectivity index (χ1) is 14.8. The molecule has 0 bridgehead atoms. The third-order valence-electron chi connectivity index (χ3n) is 4.41. The van der Waals surface area contributed by atoms with Gasteiger partial charge >= 0.3 is 11.7 Å². The van der Waals surface area contributed by atoms with Crippen LogP contribution >= 0.6 is 46.1 Å². The van der Waals surface area contributed by atoms with Crippen molar-refractivity contribution >= 4 is 63.0 Å². The number of thiophene rings is 1. The summed E-state index contributed by atoms with van der Waals surface area (Å²) in [5.41, 5.74) is -0.718. The highest BCUT2D eigenvalue weighted by Gasteiger charge is 2.20. The molecule has 2 N–H and O–H groups in total. The minimum Gasteiger partial charge on any atom is -0.489 e. The third kappa shape index (κ3) is 4.07. The van der Waals surface area contributed by atoms with Crippen LogP contribution in [0.5, 0.6) is 5.75 Å². The lowest BCUT2D eigenvalue weighted by atomic mass is 10.2. The SMILES string of the molecule is O=C(O)c1scc2[nH]c(=O)n(-c3cc(OCc4cc(Cl)ccc4Cl)ccc3Cl)c(=O)c12. The standard InChI is InChI=1S/C20H11Cl3N2O5S/c21-10-1-3-12(22)9(5-10)7-30-11-2-4-13(23)15(6-11)25-18(26)16-14(24-20(25)29)8-31-17(16)19(27)28/h1-6,8H,7H2,(H,24,29)(H,27,28). The number of carbonyl (C=O) groups is 1. The number of carboxylic acids is 1. The number of benzene rings is 2. The van der Waals surface area contributed by atoms with Crippen LogP contribution in [-0.2, 0) is 6.61 Å². The Labute approximate surface area is 193 Å². The molecule has 0 unspecified atom stereocenters. The van der Waals surface area contributed by atoms with Crippen LogP contribution in [-0.4, -0.2) is 20.6 Å². The van der Waals surface area contributed by atoms with Crippen molar-refractivity contribution in [3.63, 3.8) is 0 Å². The van der Waals surface area contributed by atoms with E-state index in [1.807, 2.05) is 0 Å². The number of carboxylic acid groups (broad SMARTS) is 1. The van der Waals surface area contributed by atoms with Gasteiger partial charge in [0.05, 0.1) is 21.6 Å². The van der Waals surface area contributed by atoms with E-state index in [2.05, 4.69) is 4.98 Å². The van der Waals surface area contributed by atoms with E-state index in [0.29, 0.717) is 21.4 Å². The van der Waals surface area contributed by atoms with Gasteiger partial charge in [0.2, 0.25) is 0 Å². The maximum atomic E-state index is 13.0. The van der Waals surface area contributed by atoms with Crippen molar-refractivity contribution in [3.8, 4) is 11.4 Å². The third-order valence-corrected chi connectivity index (χ3v) is 6.30. The quantitative estimate of drug-likeness (QED) is 0.405. The normalized spacial score (nSPS) is 11.1. The van der Waals surface area contributed by atoms with E-state index < -0.39 is 17.2 Å². The van der Waals surface area contributed by atoms with Crippen LogP contribution in [0.15, 0.2) is 51.4 Å². The van der Waals surface area contributed by atoms with Crippen molar-refractivity contribution in [1.29, 1.82) is 0 Å². The smallest absolute Gasteiger partial charge is 0.346 e. The van der Waals surface area contributed by atoms with Gasteiger partial charge in [-0.2, -0.15) is 0 Å². The van der Waals surface area contributed by atoms with Crippen molar-refractivity contribution in [2.45, 2.75) is 6.61 Å². The number of rotatable bonds is 5. The van der Waals surface area contributed by atoms with Crippen molar-refractivity contribution in [2.75, 3.05) is 0 Å². The molecule has 4 rings (SSSR count). The van der Waals surface area contributed by atoms with E-state index in [9.17, 15) is 19.5 Å². The Morgan fingerprint density at radius 1 is 1.10 bits per heavy atom. The Kier molecular flexibility index (Phi) is 5.81. The molecule has 158 valence electrons. The molecular formula is C20H11Cl3N2O5S. The summed E-state index contributed by atoms with van der Waals surface area (Å²) in [6.45, 7) is 0.0818. The highest BCUT2D eigenvalue weighted by Crippen LogP contribution is 2.27. The molecule has 0 amide bonds. The first-order valence-corrected chi connectivity index (χ1v) is 10.6. The number of aromatic amines is 1. The fourth-order valence-electron chi connectivity index (χ4n) is 2.98. The van der Waals surface area contributed by atoms with E-state index in [-0.39, 0.29) is 33.1 Å². The summed E-state index contributed by atoms with van der Waals surface area (Å²) in [6.07, 6.45) is 0. The largest absolute Gasteiger partial charge is 0.489 e. The number of hydrogen-bond donors (Lipinski definition) is 2. The number of H-pyrrole nitrogens is 1. The van der Waals surface area contributed by atoms with Gasteiger partial charge < -0.3 is 14.8 Å². The summed E-state index contributed by atoms with van der Waals surface area (Å²) in [6, 6.07) is 9.40. The summed E-state index contributed by atoms with van der Waals surface area (Å²) >= 11 is 19.2. The van der Waals surface area contributed by atoms with E-state index >= 15 is 0 Å². The fourth-order valence-corrected chi connectivity index (χ4v) is 4.38. The zero-order chi connectivity index (χ0) is 22.3. The lowest BCUT2D eigenvalue weighted by molar-refractivity contribution is 0.0704. The second-order valence-corrected chi connectivity index (χ2v) is 8.50. The predicted molar refractivity (Wildman–Crippen MR) is 121 cm³/mol. The molecule has 0 fully saturated rings. The van der Waals surface area contributed by atoms with Gasteiger partial charge in [0.15, 0.2) is 0 Å². The highest BCUT2D eigenvalue weighted by atomic mass is 35.5. The van der Waals surface area contributed by atoms with Gasteiger partial charge in [-0.1, -0.05) is 34.8 Å². The first-order valence-electron chi connectivity index (χ1n) is 8.62. The molecule has 0 aliphatic carbocycles. The van der Waals surface area contributed by atoms with E-state index in [1.165, 1.54) is 17.5 Å². The Balaban J connectivity index is 1.79. The summed E-state index contributed by atoms with van der Waals surface area (Å²) in [5.74, 6) is -0.956. The van der Waals surface area contributed by atoms with Crippen molar-refractivity contribution < 1.29 is 14.6 Å². The minimum absolute atomic E-state index is 0.0482. The van der Waals surface area contributed by atoms with Gasteiger partial charge in [-0.3, -0.25) is 4.79 Å². The van der Waals surface area contributed by atoms with Gasteiger partial charge in [-0.15, -0.1) is 11.3 Å². The summed E-state index contributed by atoms with van der Waals surface area (Å²) in [5, 5.41) is 11.7. The zero-order valence-electron chi connectivity index (χ0n) is 15.3. The highest BCUT2D eigenvalue weighted by molar-refractivity contribution is 7.13. The van der Waals surface area contributed by atoms with Crippen LogP contribution < -0.4 is 16.0 Å². The average molecular weight is 498 g/mol. The summed E-state index contributed by atoms with van der Waals surface area (Å²) < 4.78 is 6.52. The molecule has 11 heteroatoms. The van der Waals surface area contributed by atoms with Crippen molar-refractivity contribution in [1.82, 2.24) is 9.55 Å². The molecule has 0 radical (unpaired) electrons. The molecule has 2 heterocycles.